The van der Waals surface area contributed by atoms with E-state index in [9.17, 15) is 0 Å². The molecule has 0 saturated heterocycles. The molecule has 0 saturated carbocycles. The lowest BCUT2D eigenvalue weighted by atomic mass is 9.81. The number of hydrogen-bond donors (Lipinski definition) is 1. The van der Waals surface area contributed by atoms with Gasteiger partial charge in [-0.2, -0.15) is 0 Å². The number of benzene rings is 1. The van der Waals surface area contributed by atoms with Crippen molar-refractivity contribution in [3.63, 3.8) is 0 Å². The first-order valence-corrected chi connectivity index (χ1v) is 6.79. The van der Waals surface area contributed by atoms with Gasteiger partial charge in [-0.05, 0) is 19.4 Å². The van der Waals surface area contributed by atoms with Gasteiger partial charge in [0, 0.05) is 23.1 Å². The molecule has 2 nitrogen and oxygen atoms in total. The molecule has 100 valence electrons. The van der Waals surface area contributed by atoms with Crippen LogP contribution in [0.15, 0.2) is 12.1 Å². The van der Waals surface area contributed by atoms with Crippen LogP contribution in [0.4, 0.5) is 0 Å². The second-order valence-electron chi connectivity index (χ2n) is 6.54. The molecule has 1 aliphatic heterocycles. The van der Waals surface area contributed by atoms with Gasteiger partial charge in [0.15, 0.2) is 0 Å². The molecule has 0 bridgehead atoms. The summed E-state index contributed by atoms with van der Waals surface area (Å²) in [6, 6.07) is 4.93. The lowest BCUT2D eigenvalue weighted by molar-refractivity contribution is 0.189. The Morgan fingerprint density at radius 2 is 1.94 bits per heavy atom. The van der Waals surface area contributed by atoms with Crippen LogP contribution in [-0.4, -0.2) is 13.7 Å². The van der Waals surface area contributed by atoms with Crippen LogP contribution in [0.3, 0.4) is 0 Å². The number of ether oxygens (including phenoxy) is 1. The van der Waals surface area contributed by atoms with Crippen LogP contribution in [0, 0.1) is 12.8 Å². The number of hydrogen-bond acceptors (Lipinski definition) is 2. The second-order valence-corrected chi connectivity index (χ2v) is 6.54. The van der Waals surface area contributed by atoms with E-state index in [1.807, 2.05) is 7.05 Å². The maximum atomic E-state index is 6.04. The van der Waals surface area contributed by atoms with Gasteiger partial charge in [-0.1, -0.05) is 45.4 Å². The smallest absolute Gasteiger partial charge is 0.127 e. The zero-order valence-electron chi connectivity index (χ0n) is 12.4. The van der Waals surface area contributed by atoms with Crippen LogP contribution in [-0.2, 0) is 5.41 Å². The Labute approximate surface area is 111 Å². The van der Waals surface area contributed by atoms with Crippen LogP contribution in [0.5, 0.6) is 5.75 Å². The van der Waals surface area contributed by atoms with Crippen molar-refractivity contribution >= 4 is 0 Å². The molecular formula is C16H25NO. The van der Waals surface area contributed by atoms with Crippen molar-refractivity contribution in [1.29, 1.82) is 0 Å². The molecule has 0 radical (unpaired) electrons. The molecule has 18 heavy (non-hydrogen) atoms. The highest BCUT2D eigenvalue weighted by molar-refractivity contribution is 5.50. The van der Waals surface area contributed by atoms with Gasteiger partial charge in [-0.15, -0.1) is 0 Å². The summed E-state index contributed by atoms with van der Waals surface area (Å²) in [7, 11) is 2.04. The minimum absolute atomic E-state index is 0.120. The van der Waals surface area contributed by atoms with E-state index in [0.29, 0.717) is 12.0 Å². The number of rotatable bonds is 1. The zero-order chi connectivity index (χ0) is 13.5. The molecule has 1 aromatic rings. The molecule has 1 aromatic carbocycles. The third-order valence-electron chi connectivity index (χ3n) is 3.78. The van der Waals surface area contributed by atoms with Crippen LogP contribution >= 0.6 is 0 Å². The standard InChI is InChI=1S/C16H25NO/c1-10-7-12-14(17-6)11(2)9-18-15(12)13(8-10)16(3,4)5/h7-8,11,14,17H,9H2,1-6H3. The van der Waals surface area contributed by atoms with Crippen molar-refractivity contribution in [2.24, 2.45) is 5.92 Å². The summed E-state index contributed by atoms with van der Waals surface area (Å²) in [5, 5.41) is 3.44. The fourth-order valence-electron chi connectivity index (χ4n) is 2.81. The maximum Gasteiger partial charge on any atom is 0.127 e. The van der Waals surface area contributed by atoms with Crippen LogP contribution in [0.1, 0.15) is 50.4 Å². The summed E-state index contributed by atoms with van der Waals surface area (Å²) in [6.45, 7) is 11.9. The average Bonchev–Trinajstić information content (AvgIpc) is 2.26. The van der Waals surface area contributed by atoms with E-state index >= 15 is 0 Å². The van der Waals surface area contributed by atoms with E-state index in [4.69, 9.17) is 4.74 Å². The number of nitrogens with one attached hydrogen (secondary N) is 1. The Morgan fingerprint density at radius 1 is 1.28 bits per heavy atom. The molecule has 1 N–H and O–H groups in total. The van der Waals surface area contributed by atoms with Gasteiger partial charge in [-0.25, -0.2) is 0 Å². The normalized spacial score (nSPS) is 23.4. The van der Waals surface area contributed by atoms with Crippen LogP contribution in [0.25, 0.3) is 0 Å². The van der Waals surface area contributed by atoms with Gasteiger partial charge >= 0.3 is 0 Å². The van der Waals surface area contributed by atoms with Crippen molar-refractivity contribution in [2.75, 3.05) is 13.7 Å². The first kappa shape index (κ1) is 13.4. The van der Waals surface area contributed by atoms with Gasteiger partial charge in [0.1, 0.15) is 5.75 Å². The Balaban J connectivity index is 2.61. The summed E-state index contributed by atoms with van der Waals surface area (Å²) >= 11 is 0. The van der Waals surface area contributed by atoms with Crippen molar-refractivity contribution in [3.05, 3.63) is 28.8 Å². The minimum Gasteiger partial charge on any atom is -0.493 e. The van der Waals surface area contributed by atoms with Gasteiger partial charge in [0.05, 0.1) is 6.61 Å². The average molecular weight is 247 g/mol. The second kappa shape index (κ2) is 4.58. The predicted octanol–water partition coefficient (Wildman–Crippen LogP) is 3.58. The third kappa shape index (κ3) is 2.26. The van der Waals surface area contributed by atoms with Crippen LogP contribution < -0.4 is 10.1 Å². The van der Waals surface area contributed by atoms with Gasteiger partial charge < -0.3 is 10.1 Å². The van der Waals surface area contributed by atoms with Crippen molar-refractivity contribution in [3.8, 4) is 5.75 Å². The van der Waals surface area contributed by atoms with E-state index < -0.39 is 0 Å². The maximum absolute atomic E-state index is 6.04. The van der Waals surface area contributed by atoms with Gasteiger partial charge in [-0.3, -0.25) is 0 Å². The van der Waals surface area contributed by atoms with E-state index in [0.717, 1.165) is 12.4 Å². The summed E-state index contributed by atoms with van der Waals surface area (Å²) in [4.78, 5) is 0. The fraction of sp³-hybridized carbons (Fsp3) is 0.625. The van der Waals surface area contributed by atoms with Crippen molar-refractivity contribution < 1.29 is 4.74 Å². The first-order chi connectivity index (χ1) is 8.34. The molecule has 0 fully saturated rings. The lowest BCUT2D eigenvalue weighted by Crippen LogP contribution is -2.33. The molecule has 2 rings (SSSR count). The summed E-state index contributed by atoms with van der Waals surface area (Å²) < 4.78 is 6.04. The molecule has 0 aromatic heterocycles. The van der Waals surface area contributed by atoms with Crippen molar-refractivity contribution in [2.45, 2.75) is 46.1 Å². The highest BCUT2D eigenvalue weighted by Crippen LogP contribution is 2.42. The summed E-state index contributed by atoms with van der Waals surface area (Å²) in [5.74, 6) is 1.61. The van der Waals surface area contributed by atoms with E-state index in [2.05, 4.69) is 52.1 Å². The zero-order valence-corrected chi connectivity index (χ0v) is 12.4. The molecule has 1 heterocycles. The summed E-state index contributed by atoms with van der Waals surface area (Å²) in [5.41, 5.74) is 4.08. The first-order valence-electron chi connectivity index (χ1n) is 6.79. The Morgan fingerprint density at radius 3 is 2.50 bits per heavy atom. The summed E-state index contributed by atoms with van der Waals surface area (Å²) in [6.07, 6.45) is 0. The molecular weight excluding hydrogens is 222 g/mol. The predicted molar refractivity (Wildman–Crippen MR) is 76.3 cm³/mol. The SMILES string of the molecule is CNC1c2cc(C)cc(C(C)(C)C)c2OCC1C. The molecule has 2 atom stereocenters. The fourth-order valence-corrected chi connectivity index (χ4v) is 2.81. The Hall–Kier alpha value is -1.02. The molecule has 0 amide bonds. The van der Waals surface area contributed by atoms with E-state index in [-0.39, 0.29) is 5.41 Å². The third-order valence-corrected chi connectivity index (χ3v) is 3.78. The molecule has 2 heteroatoms. The monoisotopic (exact) mass is 247 g/mol. The molecule has 2 unspecified atom stereocenters. The van der Waals surface area contributed by atoms with Crippen LogP contribution in [0.2, 0.25) is 0 Å². The van der Waals surface area contributed by atoms with E-state index in [1.165, 1.54) is 16.7 Å². The van der Waals surface area contributed by atoms with E-state index in [1.54, 1.807) is 0 Å². The highest BCUT2D eigenvalue weighted by Gasteiger charge is 2.31. The molecule has 0 aliphatic carbocycles. The lowest BCUT2D eigenvalue weighted by Gasteiger charge is -2.35. The molecule has 1 aliphatic rings. The number of aryl methyl sites for hydroxylation is 1. The highest BCUT2D eigenvalue weighted by atomic mass is 16.5. The topological polar surface area (TPSA) is 21.3 Å². The number of fused-ring (bicyclic) bond motifs is 1. The molecule has 0 spiro atoms. The minimum atomic E-state index is 0.120. The largest absolute Gasteiger partial charge is 0.493 e. The Bertz CT molecular complexity index is 445. The van der Waals surface area contributed by atoms with Gasteiger partial charge in [0.2, 0.25) is 0 Å². The Kier molecular flexibility index (Phi) is 3.41. The quantitative estimate of drug-likeness (QED) is 0.819. The van der Waals surface area contributed by atoms with Crippen molar-refractivity contribution in [1.82, 2.24) is 5.32 Å². The van der Waals surface area contributed by atoms with Gasteiger partial charge in [0.25, 0.3) is 0 Å².